The summed E-state index contributed by atoms with van der Waals surface area (Å²) in [5, 5.41) is 3.32. The van der Waals surface area contributed by atoms with Gasteiger partial charge in [-0.05, 0) is 29.8 Å². The second-order valence-electron chi connectivity index (χ2n) is 4.54. The van der Waals surface area contributed by atoms with Gasteiger partial charge >= 0.3 is 0 Å². The third-order valence-corrected chi connectivity index (χ3v) is 3.03. The number of methoxy groups -OCH3 is 1. The van der Waals surface area contributed by atoms with E-state index in [0.29, 0.717) is 6.61 Å². The molecular weight excluding hydrogens is 250 g/mol. The highest BCUT2D eigenvalue weighted by molar-refractivity contribution is 5.39. The number of hydrogen-bond acceptors (Lipinski definition) is 3. The standard InChI is InChI=1S/C17H21NO2/c1-3-18-12-14-7-6-8-15(11-14)13-20-17-10-5-4-9-16(17)19-2/h4-11,18H,3,12-13H2,1-2H3. The fraction of sp³-hybridized carbons (Fsp3) is 0.294. The van der Waals surface area contributed by atoms with E-state index in [4.69, 9.17) is 9.47 Å². The third kappa shape index (κ3) is 4.00. The first kappa shape index (κ1) is 14.4. The lowest BCUT2D eigenvalue weighted by Gasteiger charge is -2.11. The number of para-hydroxylation sites is 2. The van der Waals surface area contributed by atoms with Crippen LogP contribution >= 0.6 is 0 Å². The molecule has 2 aromatic rings. The fourth-order valence-electron chi connectivity index (χ4n) is 2.00. The number of rotatable bonds is 7. The van der Waals surface area contributed by atoms with Crippen LogP contribution in [-0.4, -0.2) is 13.7 Å². The van der Waals surface area contributed by atoms with Crippen molar-refractivity contribution in [2.45, 2.75) is 20.1 Å². The highest BCUT2D eigenvalue weighted by atomic mass is 16.5. The summed E-state index contributed by atoms with van der Waals surface area (Å²) >= 11 is 0. The summed E-state index contributed by atoms with van der Waals surface area (Å²) in [5.41, 5.74) is 2.43. The van der Waals surface area contributed by atoms with Crippen molar-refractivity contribution in [3.05, 3.63) is 59.7 Å². The van der Waals surface area contributed by atoms with Crippen molar-refractivity contribution in [2.24, 2.45) is 0 Å². The minimum absolute atomic E-state index is 0.542. The molecule has 106 valence electrons. The van der Waals surface area contributed by atoms with Gasteiger partial charge in [0.15, 0.2) is 11.5 Å². The van der Waals surface area contributed by atoms with Crippen LogP contribution in [0, 0.1) is 0 Å². The first-order valence-corrected chi connectivity index (χ1v) is 6.88. The molecule has 0 aromatic heterocycles. The molecule has 20 heavy (non-hydrogen) atoms. The second-order valence-corrected chi connectivity index (χ2v) is 4.54. The largest absolute Gasteiger partial charge is 0.493 e. The SMILES string of the molecule is CCNCc1cccc(COc2ccccc2OC)c1. The number of nitrogens with one attached hydrogen (secondary N) is 1. The Kier molecular flexibility index (Phi) is 5.44. The van der Waals surface area contributed by atoms with Gasteiger partial charge in [0, 0.05) is 6.54 Å². The number of hydrogen-bond donors (Lipinski definition) is 1. The molecule has 3 heteroatoms. The molecule has 0 heterocycles. The molecule has 0 unspecified atom stereocenters. The molecule has 0 atom stereocenters. The molecule has 0 radical (unpaired) electrons. The average Bonchev–Trinajstić information content (AvgIpc) is 2.51. The Morgan fingerprint density at radius 2 is 1.70 bits per heavy atom. The molecule has 0 aliphatic rings. The molecule has 2 rings (SSSR count). The van der Waals surface area contributed by atoms with Crippen LogP contribution in [0.25, 0.3) is 0 Å². The molecule has 3 nitrogen and oxygen atoms in total. The molecule has 0 aliphatic carbocycles. The Balaban J connectivity index is 1.99. The molecule has 0 saturated heterocycles. The van der Waals surface area contributed by atoms with E-state index in [1.54, 1.807) is 7.11 Å². The minimum Gasteiger partial charge on any atom is -0.493 e. The van der Waals surface area contributed by atoms with E-state index in [9.17, 15) is 0 Å². The Bertz CT molecular complexity index is 540. The zero-order valence-electron chi connectivity index (χ0n) is 12.1. The molecule has 0 fully saturated rings. The number of ether oxygens (including phenoxy) is 2. The lowest BCUT2D eigenvalue weighted by Crippen LogP contribution is -2.11. The minimum atomic E-state index is 0.542. The fourth-order valence-corrected chi connectivity index (χ4v) is 2.00. The summed E-state index contributed by atoms with van der Waals surface area (Å²) in [7, 11) is 1.65. The molecule has 0 saturated carbocycles. The summed E-state index contributed by atoms with van der Waals surface area (Å²) in [6, 6.07) is 16.1. The van der Waals surface area contributed by atoms with Crippen LogP contribution in [0.5, 0.6) is 11.5 Å². The van der Waals surface area contributed by atoms with Crippen molar-refractivity contribution in [2.75, 3.05) is 13.7 Å². The van der Waals surface area contributed by atoms with E-state index >= 15 is 0 Å². The zero-order chi connectivity index (χ0) is 14.2. The van der Waals surface area contributed by atoms with Crippen LogP contribution in [0.3, 0.4) is 0 Å². The van der Waals surface area contributed by atoms with Gasteiger partial charge in [-0.15, -0.1) is 0 Å². The van der Waals surface area contributed by atoms with E-state index in [0.717, 1.165) is 30.2 Å². The molecule has 2 aromatic carbocycles. The monoisotopic (exact) mass is 271 g/mol. The average molecular weight is 271 g/mol. The van der Waals surface area contributed by atoms with Gasteiger partial charge in [0.2, 0.25) is 0 Å². The van der Waals surface area contributed by atoms with Gasteiger partial charge in [-0.25, -0.2) is 0 Å². The summed E-state index contributed by atoms with van der Waals surface area (Å²) in [6.07, 6.45) is 0. The quantitative estimate of drug-likeness (QED) is 0.837. The highest BCUT2D eigenvalue weighted by Gasteiger charge is 2.03. The lowest BCUT2D eigenvalue weighted by molar-refractivity contribution is 0.284. The van der Waals surface area contributed by atoms with Gasteiger partial charge in [0.05, 0.1) is 7.11 Å². The maximum Gasteiger partial charge on any atom is 0.161 e. The van der Waals surface area contributed by atoms with E-state index < -0.39 is 0 Å². The highest BCUT2D eigenvalue weighted by Crippen LogP contribution is 2.26. The van der Waals surface area contributed by atoms with Crippen LogP contribution in [0.4, 0.5) is 0 Å². The van der Waals surface area contributed by atoms with E-state index in [-0.39, 0.29) is 0 Å². The smallest absolute Gasteiger partial charge is 0.161 e. The van der Waals surface area contributed by atoms with E-state index in [1.807, 2.05) is 24.3 Å². The van der Waals surface area contributed by atoms with Gasteiger partial charge in [-0.3, -0.25) is 0 Å². The molecule has 0 aliphatic heterocycles. The molecular formula is C17H21NO2. The normalized spacial score (nSPS) is 10.3. The van der Waals surface area contributed by atoms with Crippen molar-refractivity contribution < 1.29 is 9.47 Å². The Morgan fingerprint density at radius 3 is 2.45 bits per heavy atom. The van der Waals surface area contributed by atoms with Crippen molar-refractivity contribution in [1.82, 2.24) is 5.32 Å². The van der Waals surface area contributed by atoms with Crippen molar-refractivity contribution in [1.29, 1.82) is 0 Å². The van der Waals surface area contributed by atoms with E-state index in [2.05, 4.69) is 36.5 Å². The van der Waals surface area contributed by atoms with Crippen LogP contribution < -0.4 is 14.8 Å². The number of benzene rings is 2. The van der Waals surface area contributed by atoms with Crippen molar-refractivity contribution in [3.63, 3.8) is 0 Å². The maximum atomic E-state index is 5.83. The Labute approximate surface area is 120 Å². The van der Waals surface area contributed by atoms with Crippen LogP contribution in [-0.2, 0) is 13.2 Å². The van der Waals surface area contributed by atoms with Gasteiger partial charge in [0.1, 0.15) is 6.61 Å². The first-order chi connectivity index (χ1) is 9.83. The van der Waals surface area contributed by atoms with Crippen LogP contribution in [0.2, 0.25) is 0 Å². The topological polar surface area (TPSA) is 30.5 Å². The summed E-state index contributed by atoms with van der Waals surface area (Å²) in [5.74, 6) is 1.53. The third-order valence-electron chi connectivity index (χ3n) is 3.03. The van der Waals surface area contributed by atoms with Crippen molar-refractivity contribution in [3.8, 4) is 11.5 Å². The zero-order valence-corrected chi connectivity index (χ0v) is 12.1. The summed E-state index contributed by atoms with van der Waals surface area (Å²) < 4.78 is 11.1. The molecule has 0 amide bonds. The van der Waals surface area contributed by atoms with Gasteiger partial charge in [-0.2, -0.15) is 0 Å². The van der Waals surface area contributed by atoms with E-state index in [1.165, 1.54) is 5.56 Å². The molecule has 0 spiro atoms. The summed E-state index contributed by atoms with van der Waals surface area (Å²) in [6.45, 7) is 4.51. The molecule has 1 N–H and O–H groups in total. The maximum absolute atomic E-state index is 5.83. The Morgan fingerprint density at radius 1 is 0.950 bits per heavy atom. The van der Waals surface area contributed by atoms with Gasteiger partial charge in [0.25, 0.3) is 0 Å². The van der Waals surface area contributed by atoms with Crippen LogP contribution in [0.1, 0.15) is 18.1 Å². The predicted octanol–water partition coefficient (Wildman–Crippen LogP) is 3.38. The Hall–Kier alpha value is -2.00. The molecule has 0 bridgehead atoms. The lowest BCUT2D eigenvalue weighted by atomic mass is 10.1. The predicted molar refractivity (Wildman–Crippen MR) is 81.1 cm³/mol. The van der Waals surface area contributed by atoms with Gasteiger partial charge in [-0.1, -0.05) is 43.3 Å². The van der Waals surface area contributed by atoms with Crippen molar-refractivity contribution >= 4 is 0 Å². The summed E-state index contributed by atoms with van der Waals surface area (Å²) in [4.78, 5) is 0. The second kappa shape index (κ2) is 7.56. The first-order valence-electron chi connectivity index (χ1n) is 6.88. The van der Waals surface area contributed by atoms with Crippen LogP contribution in [0.15, 0.2) is 48.5 Å². The van der Waals surface area contributed by atoms with Gasteiger partial charge < -0.3 is 14.8 Å².